The molecule has 0 fully saturated rings. The van der Waals surface area contributed by atoms with E-state index in [0.717, 1.165) is 5.56 Å². The Kier molecular flexibility index (Phi) is 8.52. The van der Waals surface area contributed by atoms with Gasteiger partial charge in [-0.3, -0.25) is 9.59 Å². The fourth-order valence-corrected chi connectivity index (χ4v) is 3.68. The molecule has 2 aromatic carbocycles. The number of carbonyl (C=O) groups excluding carboxylic acids is 2. The van der Waals surface area contributed by atoms with Crippen LogP contribution >= 0.6 is 11.6 Å². The molecule has 36 heavy (non-hydrogen) atoms. The van der Waals surface area contributed by atoms with Gasteiger partial charge in [0.2, 0.25) is 17.6 Å². The largest absolute Gasteiger partial charge is 0.493 e. The van der Waals surface area contributed by atoms with Crippen molar-refractivity contribution in [2.45, 2.75) is 52.4 Å². The molecule has 1 unspecified atom stereocenters. The molecule has 1 aromatic heterocycles. The minimum Gasteiger partial charge on any atom is -0.493 e. The molecule has 0 saturated heterocycles. The SMILES string of the molecule is COc1ccc(-c2nnn(CC(=O)N(Cc3ccccc3Cl)C(C)C(=O)NC(C)(C)C)n2)cc1OC. The molecule has 0 bridgehead atoms. The molecule has 1 heterocycles. The van der Waals surface area contributed by atoms with Crippen LogP contribution in [0.5, 0.6) is 11.5 Å². The number of nitrogens with one attached hydrogen (secondary N) is 1. The van der Waals surface area contributed by atoms with Crippen molar-refractivity contribution in [3.8, 4) is 22.9 Å². The van der Waals surface area contributed by atoms with Crippen LogP contribution in [0, 0.1) is 0 Å². The fraction of sp³-hybridized carbons (Fsp3) is 0.400. The van der Waals surface area contributed by atoms with Gasteiger partial charge in [0, 0.05) is 22.7 Å². The van der Waals surface area contributed by atoms with Gasteiger partial charge in [-0.15, -0.1) is 10.2 Å². The highest BCUT2D eigenvalue weighted by atomic mass is 35.5. The molecule has 0 saturated carbocycles. The zero-order valence-corrected chi connectivity index (χ0v) is 22.0. The summed E-state index contributed by atoms with van der Waals surface area (Å²) in [7, 11) is 3.09. The van der Waals surface area contributed by atoms with Crippen LogP contribution in [0.4, 0.5) is 0 Å². The smallest absolute Gasteiger partial charge is 0.247 e. The van der Waals surface area contributed by atoms with Crippen LogP contribution in [0.2, 0.25) is 5.02 Å². The van der Waals surface area contributed by atoms with E-state index >= 15 is 0 Å². The number of methoxy groups -OCH3 is 2. The van der Waals surface area contributed by atoms with E-state index in [0.29, 0.717) is 27.9 Å². The normalized spacial score (nSPS) is 12.1. The number of rotatable bonds is 9. The number of benzene rings is 2. The van der Waals surface area contributed by atoms with Crippen molar-refractivity contribution in [2.75, 3.05) is 14.2 Å². The number of carbonyl (C=O) groups is 2. The van der Waals surface area contributed by atoms with Crippen molar-refractivity contribution in [2.24, 2.45) is 0 Å². The van der Waals surface area contributed by atoms with Gasteiger partial charge in [-0.1, -0.05) is 29.8 Å². The lowest BCUT2D eigenvalue weighted by molar-refractivity contribution is -0.142. The molecule has 3 rings (SSSR count). The predicted molar refractivity (Wildman–Crippen MR) is 136 cm³/mol. The predicted octanol–water partition coefficient (Wildman–Crippen LogP) is 3.34. The van der Waals surface area contributed by atoms with Gasteiger partial charge in [-0.2, -0.15) is 4.80 Å². The van der Waals surface area contributed by atoms with Crippen LogP contribution in [-0.2, 0) is 22.7 Å². The van der Waals surface area contributed by atoms with Gasteiger partial charge in [0.1, 0.15) is 12.6 Å². The molecule has 1 N–H and O–H groups in total. The molecule has 3 aromatic rings. The van der Waals surface area contributed by atoms with Crippen molar-refractivity contribution < 1.29 is 19.1 Å². The molecule has 0 radical (unpaired) electrons. The lowest BCUT2D eigenvalue weighted by atomic mass is 10.1. The molecule has 0 aliphatic rings. The lowest BCUT2D eigenvalue weighted by Crippen LogP contribution is -2.53. The number of hydrogen-bond acceptors (Lipinski definition) is 7. The van der Waals surface area contributed by atoms with Gasteiger partial charge in [0.25, 0.3) is 0 Å². The molecule has 0 spiro atoms. The average molecular weight is 515 g/mol. The second kappa shape index (κ2) is 11.4. The molecule has 0 aliphatic carbocycles. The van der Waals surface area contributed by atoms with E-state index in [4.69, 9.17) is 21.1 Å². The molecule has 10 nitrogen and oxygen atoms in total. The van der Waals surface area contributed by atoms with Gasteiger partial charge in [-0.25, -0.2) is 0 Å². The Bertz CT molecular complexity index is 1220. The second-order valence-electron chi connectivity index (χ2n) is 9.24. The van der Waals surface area contributed by atoms with Crippen LogP contribution < -0.4 is 14.8 Å². The monoisotopic (exact) mass is 514 g/mol. The molecule has 0 aliphatic heterocycles. The first-order chi connectivity index (χ1) is 17.0. The minimum atomic E-state index is -0.762. The molecular formula is C25H31ClN6O4. The summed E-state index contributed by atoms with van der Waals surface area (Å²) in [6, 6.07) is 11.7. The van der Waals surface area contributed by atoms with Crippen LogP contribution in [0.25, 0.3) is 11.4 Å². The van der Waals surface area contributed by atoms with Gasteiger partial charge < -0.3 is 19.7 Å². The van der Waals surface area contributed by atoms with E-state index in [1.807, 2.05) is 39.0 Å². The summed E-state index contributed by atoms with van der Waals surface area (Å²) in [5, 5.41) is 15.9. The summed E-state index contributed by atoms with van der Waals surface area (Å²) in [4.78, 5) is 29.0. The number of tetrazole rings is 1. The van der Waals surface area contributed by atoms with Crippen LogP contribution in [0.15, 0.2) is 42.5 Å². The van der Waals surface area contributed by atoms with Crippen molar-refractivity contribution in [3.05, 3.63) is 53.1 Å². The summed E-state index contributed by atoms with van der Waals surface area (Å²) >= 11 is 6.34. The molecular weight excluding hydrogens is 484 g/mol. The topological polar surface area (TPSA) is 111 Å². The Labute approximate surface area is 215 Å². The van der Waals surface area contributed by atoms with E-state index in [9.17, 15) is 9.59 Å². The van der Waals surface area contributed by atoms with E-state index < -0.39 is 11.6 Å². The quantitative estimate of drug-likeness (QED) is 0.466. The third-order valence-electron chi connectivity index (χ3n) is 5.34. The number of hydrogen-bond donors (Lipinski definition) is 1. The average Bonchev–Trinajstić information content (AvgIpc) is 3.29. The van der Waals surface area contributed by atoms with Crippen molar-refractivity contribution in [1.82, 2.24) is 30.4 Å². The first kappa shape index (κ1) is 26.9. The third kappa shape index (κ3) is 6.72. The van der Waals surface area contributed by atoms with E-state index in [1.54, 1.807) is 38.3 Å². The Morgan fingerprint density at radius 3 is 2.44 bits per heavy atom. The zero-order valence-electron chi connectivity index (χ0n) is 21.3. The molecule has 192 valence electrons. The van der Waals surface area contributed by atoms with Gasteiger partial charge >= 0.3 is 0 Å². The Morgan fingerprint density at radius 1 is 1.11 bits per heavy atom. The summed E-state index contributed by atoms with van der Waals surface area (Å²) in [6.07, 6.45) is 0. The summed E-state index contributed by atoms with van der Waals surface area (Å²) in [5.74, 6) is 0.775. The second-order valence-corrected chi connectivity index (χ2v) is 9.65. The van der Waals surface area contributed by atoms with Crippen LogP contribution in [0.1, 0.15) is 33.3 Å². The Balaban J connectivity index is 1.84. The highest BCUT2D eigenvalue weighted by molar-refractivity contribution is 6.31. The first-order valence-electron chi connectivity index (χ1n) is 11.4. The Morgan fingerprint density at radius 2 is 1.81 bits per heavy atom. The lowest BCUT2D eigenvalue weighted by Gasteiger charge is -2.31. The van der Waals surface area contributed by atoms with E-state index in [2.05, 4.69) is 20.7 Å². The fourth-order valence-electron chi connectivity index (χ4n) is 3.48. The number of ether oxygens (including phenoxy) is 2. The highest BCUT2D eigenvalue weighted by Crippen LogP contribution is 2.30. The van der Waals surface area contributed by atoms with Gasteiger partial charge in [-0.05, 0) is 62.7 Å². The number of halogens is 1. The summed E-state index contributed by atoms with van der Waals surface area (Å²) in [5.41, 5.74) is 0.921. The van der Waals surface area contributed by atoms with Crippen LogP contribution in [0.3, 0.4) is 0 Å². The van der Waals surface area contributed by atoms with Crippen LogP contribution in [-0.4, -0.2) is 62.7 Å². The molecule has 2 amide bonds. The summed E-state index contributed by atoms with van der Waals surface area (Å²) < 4.78 is 10.6. The highest BCUT2D eigenvalue weighted by Gasteiger charge is 2.29. The minimum absolute atomic E-state index is 0.147. The van der Waals surface area contributed by atoms with Gasteiger partial charge in [0.15, 0.2) is 11.5 Å². The number of nitrogens with zero attached hydrogens (tertiary/aromatic N) is 5. The standard InChI is InChI=1S/C25H31ClN6O4/c1-16(24(34)27-25(2,3)4)31(14-18-9-7-8-10-19(18)26)22(33)15-32-29-23(28-30-32)17-11-12-20(35-5)21(13-17)36-6/h7-13,16H,14-15H2,1-6H3,(H,27,34). The maximum atomic E-state index is 13.4. The van der Waals surface area contributed by atoms with Crippen molar-refractivity contribution in [1.29, 1.82) is 0 Å². The first-order valence-corrected chi connectivity index (χ1v) is 11.7. The van der Waals surface area contributed by atoms with E-state index in [1.165, 1.54) is 16.8 Å². The van der Waals surface area contributed by atoms with Gasteiger partial charge in [0.05, 0.1) is 14.2 Å². The van der Waals surface area contributed by atoms with Crippen molar-refractivity contribution in [3.63, 3.8) is 0 Å². The van der Waals surface area contributed by atoms with Crippen molar-refractivity contribution >= 4 is 23.4 Å². The maximum Gasteiger partial charge on any atom is 0.247 e. The maximum absolute atomic E-state index is 13.4. The third-order valence-corrected chi connectivity index (χ3v) is 5.70. The zero-order chi connectivity index (χ0) is 26.5. The van der Waals surface area contributed by atoms with E-state index in [-0.39, 0.29) is 24.9 Å². The molecule has 11 heteroatoms. The number of aromatic nitrogens is 4. The molecule has 1 atom stereocenters. The summed E-state index contributed by atoms with van der Waals surface area (Å²) in [6.45, 7) is 7.26. The Hall–Kier alpha value is -3.66. The number of amides is 2.